The zero-order valence-corrected chi connectivity index (χ0v) is 13.5. The molecule has 2 aromatic carbocycles. The average molecular weight is 344 g/mol. The van der Waals surface area contributed by atoms with Crippen molar-refractivity contribution in [3.05, 3.63) is 71.3 Å². The summed E-state index contributed by atoms with van der Waals surface area (Å²) in [6, 6.07) is 11.6. The van der Waals surface area contributed by atoms with Crippen molar-refractivity contribution in [3.8, 4) is 0 Å². The van der Waals surface area contributed by atoms with Crippen molar-refractivity contribution in [2.45, 2.75) is 18.9 Å². The van der Waals surface area contributed by atoms with Crippen molar-refractivity contribution < 1.29 is 18.4 Å². The molecule has 130 valence electrons. The second-order valence-corrected chi connectivity index (χ2v) is 6.00. The molecule has 1 atom stereocenters. The highest BCUT2D eigenvalue weighted by Gasteiger charge is 2.26. The maximum atomic E-state index is 13.9. The number of hydrogen-bond donors (Lipinski definition) is 1. The van der Waals surface area contributed by atoms with E-state index in [1.807, 2.05) is 30.3 Å². The van der Waals surface area contributed by atoms with Gasteiger partial charge in [-0.05, 0) is 24.1 Å². The quantitative estimate of drug-likeness (QED) is 0.906. The van der Waals surface area contributed by atoms with Gasteiger partial charge in [-0.25, -0.2) is 8.78 Å². The third-order valence-electron chi connectivity index (χ3n) is 4.26. The summed E-state index contributed by atoms with van der Waals surface area (Å²) in [5.74, 6) is -2.25. The predicted octanol–water partition coefficient (Wildman–Crippen LogP) is 3.06. The van der Waals surface area contributed by atoms with Crippen molar-refractivity contribution in [3.63, 3.8) is 0 Å². The van der Waals surface area contributed by atoms with Gasteiger partial charge in [0.2, 0.25) is 5.91 Å². The van der Waals surface area contributed by atoms with Crippen LogP contribution in [0.1, 0.15) is 34.8 Å². The lowest BCUT2D eigenvalue weighted by molar-refractivity contribution is -0.128. The Morgan fingerprint density at radius 3 is 2.56 bits per heavy atom. The smallest absolute Gasteiger partial charge is 0.254 e. The molecule has 0 aliphatic carbocycles. The number of carbonyl (C=O) groups excluding carboxylic acids is 2. The molecule has 3 rings (SSSR count). The Morgan fingerprint density at radius 2 is 1.92 bits per heavy atom. The topological polar surface area (TPSA) is 49.4 Å². The van der Waals surface area contributed by atoms with E-state index in [2.05, 4.69) is 5.32 Å². The third-order valence-corrected chi connectivity index (χ3v) is 4.26. The molecule has 0 unspecified atom stereocenters. The standard InChI is InChI=1S/C19H18F2N2O2/c20-14-8-9-15(16(21)11-14)19(25)22-17(13-5-2-1-3-6-13)12-23-10-4-7-18(23)24/h1-3,5-6,8-9,11,17H,4,7,10,12H2,(H,22,25)/t17-/m0/s1. The molecule has 1 fully saturated rings. The van der Waals surface area contributed by atoms with Crippen LogP contribution in [0, 0.1) is 11.6 Å². The van der Waals surface area contributed by atoms with Crippen LogP contribution in [0.2, 0.25) is 0 Å². The van der Waals surface area contributed by atoms with Gasteiger partial charge in [-0.15, -0.1) is 0 Å². The first-order chi connectivity index (χ1) is 12.0. The summed E-state index contributed by atoms with van der Waals surface area (Å²) >= 11 is 0. The Balaban J connectivity index is 1.81. The van der Waals surface area contributed by atoms with Gasteiger partial charge in [-0.1, -0.05) is 30.3 Å². The van der Waals surface area contributed by atoms with Crippen LogP contribution in [0.4, 0.5) is 8.78 Å². The molecule has 0 bridgehead atoms. The van der Waals surface area contributed by atoms with Crippen LogP contribution in [-0.2, 0) is 4.79 Å². The molecular weight excluding hydrogens is 326 g/mol. The molecule has 0 aromatic heterocycles. The van der Waals surface area contributed by atoms with Crippen LogP contribution in [0.3, 0.4) is 0 Å². The van der Waals surface area contributed by atoms with Crippen molar-refractivity contribution >= 4 is 11.8 Å². The van der Waals surface area contributed by atoms with Crippen molar-refractivity contribution in [1.29, 1.82) is 0 Å². The Hall–Kier alpha value is -2.76. The van der Waals surface area contributed by atoms with E-state index in [-0.39, 0.29) is 11.5 Å². The van der Waals surface area contributed by atoms with Crippen LogP contribution < -0.4 is 5.32 Å². The van der Waals surface area contributed by atoms with Gasteiger partial charge in [-0.2, -0.15) is 0 Å². The molecular formula is C19H18F2N2O2. The van der Waals surface area contributed by atoms with Gasteiger partial charge in [0.15, 0.2) is 0 Å². The summed E-state index contributed by atoms with van der Waals surface area (Å²) in [4.78, 5) is 26.0. The highest BCUT2D eigenvalue weighted by molar-refractivity contribution is 5.94. The zero-order chi connectivity index (χ0) is 17.8. The maximum absolute atomic E-state index is 13.9. The molecule has 2 amide bonds. The normalized spacial score (nSPS) is 15.3. The van der Waals surface area contributed by atoms with Gasteiger partial charge in [0.25, 0.3) is 5.91 Å². The van der Waals surface area contributed by atoms with Gasteiger partial charge in [-0.3, -0.25) is 9.59 Å². The number of amides is 2. The van der Waals surface area contributed by atoms with E-state index in [0.717, 1.165) is 24.1 Å². The molecule has 0 saturated carbocycles. The van der Waals surface area contributed by atoms with Gasteiger partial charge in [0, 0.05) is 25.6 Å². The molecule has 1 aliphatic heterocycles. The Bertz CT molecular complexity index is 780. The zero-order valence-electron chi connectivity index (χ0n) is 13.5. The number of hydrogen-bond acceptors (Lipinski definition) is 2. The van der Waals surface area contributed by atoms with Gasteiger partial charge in [0.05, 0.1) is 11.6 Å². The second kappa shape index (κ2) is 7.42. The molecule has 1 saturated heterocycles. The molecule has 1 heterocycles. The lowest BCUT2D eigenvalue weighted by Crippen LogP contribution is -2.38. The van der Waals surface area contributed by atoms with E-state index >= 15 is 0 Å². The minimum absolute atomic E-state index is 0.0446. The summed E-state index contributed by atoms with van der Waals surface area (Å²) in [6.45, 7) is 0.959. The van der Waals surface area contributed by atoms with E-state index in [1.165, 1.54) is 0 Å². The first kappa shape index (κ1) is 17.1. The molecule has 1 aliphatic rings. The highest BCUT2D eigenvalue weighted by atomic mass is 19.1. The number of nitrogens with zero attached hydrogens (tertiary/aromatic N) is 1. The minimum atomic E-state index is -0.915. The van der Waals surface area contributed by atoms with E-state index in [0.29, 0.717) is 25.6 Å². The fourth-order valence-corrected chi connectivity index (χ4v) is 2.95. The SMILES string of the molecule is O=C(N[C@@H](CN1CCCC1=O)c1ccccc1)c1ccc(F)cc1F. The third kappa shape index (κ3) is 4.02. The van der Waals surface area contributed by atoms with Crippen LogP contribution in [0.15, 0.2) is 48.5 Å². The number of halogens is 2. The van der Waals surface area contributed by atoms with Gasteiger partial charge in [0.1, 0.15) is 11.6 Å². The van der Waals surface area contributed by atoms with E-state index in [4.69, 9.17) is 0 Å². The predicted molar refractivity (Wildman–Crippen MR) is 88.8 cm³/mol. The Labute approximate surface area is 144 Å². The molecule has 1 N–H and O–H groups in total. The lowest BCUT2D eigenvalue weighted by Gasteiger charge is -2.25. The van der Waals surface area contributed by atoms with E-state index < -0.39 is 23.6 Å². The molecule has 0 spiro atoms. The van der Waals surface area contributed by atoms with Crippen molar-refractivity contribution in [2.24, 2.45) is 0 Å². The minimum Gasteiger partial charge on any atom is -0.343 e. The monoisotopic (exact) mass is 344 g/mol. The molecule has 2 aromatic rings. The first-order valence-electron chi connectivity index (χ1n) is 8.13. The number of likely N-dealkylation sites (tertiary alicyclic amines) is 1. The fourth-order valence-electron chi connectivity index (χ4n) is 2.95. The molecule has 6 heteroatoms. The molecule has 0 radical (unpaired) electrons. The van der Waals surface area contributed by atoms with E-state index in [9.17, 15) is 18.4 Å². The Morgan fingerprint density at radius 1 is 1.16 bits per heavy atom. The second-order valence-electron chi connectivity index (χ2n) is 6.00. The highest BCUT2D eigenvalue weighted by Crippen LogP contribution is 2.20. The lowest BCUT2D eigenvalue weighted by atomic mass is 10.1. The van der Waals surface area contributed by atoms with Gasteiger partial charge < -0.3 is 10.2 Å². The van der Waals surface area contributed by atoms with Crippen molar-refractivity contribution in [2.75, 3.05) is 13.1 Å². The average Bonchev–Trinajstić information content (AvgIpc) is 3.00. The summed E-state index contributed by atoms with van der Waals surface area (Å²) in [5.41, 5.74) is 0.591. The van der Waals surface area contributed by atoms with Crippen LogP contribution in [-0.4, -0.2) is 29.8 Å². The van der Waals surface area contributed by atoms with Crippen LogP contribution >= 0.6 is 0 Å². The number of benzene rings is 2. The van der Waals surface area contributed by atoms with Crippen molar-refractivity contribution in [1.82, 2.24) is 10.2 Å². The van der Waals surface area contributed by atoms with Gasteiger partial charge >= 0.3 is 0 Å². The largest absolute Gasteiger partial charge is 0.343 e. The summed E-state index contributed by atoms with van der Waals surface area (Å²) < 4.78 is 26.9. The number of nitrogens with one attached hydrogen (secondary N) is 1. The fraction of sp³-hybridized carbons (Fsp3) is 0.263. The van der Waals surface area contributed by atoms with Crippen LogP contribution in [0.5, 0.6) is 0 Å². The number of carbonyl (C=O) groups is 2. The summed E-state index contributed by atoms with van der Waals surface area (Å²) in [5, 5.41) is 2.76. The molecule has 4 nitrogen and oxygen atoms in total. The van der Waals surface area contributed by atoms with E-state index in [1.54, 1.807) is 4.90 Å². The molecule has 25 heavy (non-hydrogen) atoms. The van der Waals surface area contributed by atoms with Crippen LogP contribution in [0.25, 0.3) is 0 Å². The summed E-state index contributed by atoms with van der Waals surface area (Å²) in [6.07, 6.45) is 1.29. The first-order valence-corrected chi connectivity index (χ1v) is 8.13. The Kier molecular flexibility index (Phi) is 5.07. The number of rotatable bonds is 5. The summed E-state index contributed by atoms with van der Waals surface area (Å²) in [7, 11) is 0. The maximum Gasteiger partial charge on any atom is 0.254 e.